The van der Waals surface area contributed by atoms with E-state index in [1.165, 1.54) is 0 Å². The fourth-order valence-corrected chi connectivity index (χ4v) is 2.46. The predicted molar refractivity (Wildman–Crippen MR) is 81.7 cm³/mol. The zero-order chi connectivity index (χ0) is 14.6. The van der Waals surface area contributed by atoms with Crippen LogP contribution in [-0.2, 0) is 0 Å². The molecule has 0 aromatic heterocycles. The summed E-state index contributed by atoms with van der Waals surface area (Å²) in [5.41, 5.74) is 1.60. The molecule has 0 fully saturated rings. The summed E-state index contributed by atoms with van der Waals surface area (Å²) in [6, 6.07) is 5.37. The summed E-state index contributed by atoms with van der Waals surface area (Å²) in [7, 11) is 0. The van der Waals surface area contributed by atoms with E-state index in [9.17, 15) is 4.79 Å². The van der Waals surface area contributed by atoms with Crippen molar-refractivity contribution in [3.8, 4) is 0 Å². The minimum atomic E-state index is -0.0222. The van der Waals surface area contributed by atoms with E-state index in [4.69, 9.17) is 11.6 Å². The summed E-state index contributed by atoms with van der Waals surface area (Å²) in [6.45, 7) is 11.4. The lowest BCUT2D eigenvalue weighted by Crippen LogP contribution is -2.33. The van der Waals surface area contributed by atoms with Gasteiger partial charge in [0.25, 0.3) is 5.91 Å². The molecule has 0 aliphatic heterocycles. The van der Waals surface area contributed by atoms with Gasteiger partial charge in [0, 0.05) is 17.1 Å². The standard InChI is InChI=1S/C16H24ClNO/c1-10(2)14(11(3)4)9-18-16(19)13-6-7-15(17)12(5)8-13/h6-8,10-11,14H,9H2,1-5H3,(H,18,19). The molecule has 0 atom stereocenters. The van der Waals surface area contributed by atoms with Gasteiger partial charge in [-0.25, -0.2) is 0 Å². The molecule has 3 heteroatoms. The summed E-state index contributed by atoms with van der Waals surface area (Å²) in [5.74, 6) is 1.60. The van der Waals surface area contributed by atoms with Crippen LogP contribution in [0, 0.1) is 24.7 Å². The number of hydrogen-bond donors (Lipinski definition) is 1. The Bertz CT molecular complexity index is 432. The Labute approximate surface area is 121 Å². The van der Waals surface area contributed by atoms with E-state index in [2.05, 4.69) is 33.0 Å². The van der Waals surface area contributed by atoms with Gasteiger partial charge in [-0.2, -0.15) is 0 Å². The van der Waals surface area contributed by atoms with E-state index in [0.29, 0.717) is 28.3 Å². The van der Waals surface area contributed by atoms with Gasteiger partial charge < -0.3 is 5.32 Å². The van der Waals surface area contributed by atoms with Gasteiger partial charge >= 0.3 is 0 Å². The Kier molecular flexibility index (Phi) is 5.86. The zero-order valence-corrected chi connectivity index (χ0v) is 13.2. The predicted octanol–water partition coefficient (Wildman–Crippen LogP) is 4.31. The quantitative estimate of drug-likeness (QED) is 0.856. The van der Waals surface area contributed by atoms with E-state index in [0.717, 1.165) is 12.1 Å². The molecule has 19 heavy (non-hydrogen) atoms. The molecule has 0 unspecified atom stereocenters. The van der Waals surface area contributed by atoms with Gasteiger partial charge in [-0.15, -0.1) is 0 Å². The summed E-state index contributed by atoms with van der Waals surface area (Å²) >= 11 is 5.96. The lowest BCUT2D eigenvalue weighted by atomic mass is 9.85. The molecule has 0 saturated heterocycles. The maximum absolute atomic E-state index is 12.1. The van der Waals surface area contributed by atoms with Crippen molar-refractivity contribution in [2.45, 2.75) is 34.6 Å². The molecule has 1 N–H and O–H groups in total. The first-order valence-electron chi connectivity index (χ1n) is 6.87. The largest absolute Gasteiger partial charge is 0.352 e. The smallest absolute Gasteiger partial charge is 0.251 e. The number of amides is 1. The molecule has 0 spiro atoms. The number of benzene rings is 1. The van der Waals surface area contributed by atoms with Crippen LogP contribution in [-0.4, -0.2) is 12.5 Å². The minimum absolute atomic E-state index is 0.0222. The zero-order valence-electron chi connectivity index (χ0n) is 12.5. The SMILES string of the molecule is Cc1cc(C(=O)NCC(C(C)C)C(C)C)ccc1Cl. The number of carbonyl (C=O) groups is 1. The molecule has 106 valence electrons. The second-order valence-corrected chi connectivity index (χ2v) is 6.23. The summed E-state index contributed by atoms with van der Waals surface area (Å²) < 4.78 is 0. The van der Waals surface area contributed by atoms with Crippen molar-refractivity contribution in [2.75, 3.05) is 6.54 Å². The highest BCUT2D eigenvalue weighted by Crippen LogP contribution is 2.20. The molecule has 0 aliphatic rings. The highest BCUT2D eigenvalue weighted by atomic mass is 35.5. The van der Waals surface area contributed by atoms with Crippen molar-refractivity contribution in [2.24, 2.45) is 17.8 Å². The third-order valence-corrected chi connectivity index (χ3v) is 4.06. The lowest BCUT2D eigenvalue weighted by molar-refractivity contribution is 0.0937. The first-order chi connectivity index (χ1) is 8.82. The molecular formula is C16H24ClNO. The van der Waals surface area contributed by atoms with Crippen molar-refractivity contribution >= 4 is 17.5 Å². The van der Waals surface area contributed by atoms with Gasteiger partial charge in [0.2, 0.25) is 0 Å². The van der Waals surface area contributed by atoms with Crippen LogP contribution in [0.4, 0.5) is 0 Å². The van der Waals surface area contributed by atoms with E-state index in [1.54, 1.807) is 12.1 Å². The monoisotopic (exact) mass is 281 g/mol. The van der Waals surface area contributed by atoms with Gasteiger partial charge in [-0.05, 0) is 48.4 Å². The van der Waals surface area contributed by atoms with Crippen LogP contribution < -0.4 is 5.32 Å². The van der Waals surface area contributed by atoms with Crippen molar-refractivity contribution in [1.29, 1.82) is 0 Å². The maximum atomic E-state index is 12.1. The molecule has 1 aromatic rings. The first kappa shape index (κ1) is 16.0. The van der Waals surface area contributed by atoms with Gasteiger partial charge in [0.05, 0.1) is 0 Å². The van der Waals surface area contributed by atoms with Crippen molar-refractivity contribution in [1.82, 2.24) is 5.32 Å². The van der Waals surface area contributed by atoms with E-state index in [-0.39, 0.29) is 5.91 Å². The molecule has 1 rings (SSSR count). The minimum Gasteiger partial charge on any atom is -0.352 e. The number of carbonyl (C=O) groups excluding carboxylic acids is 1. The highest BCUT2D eigenvalue weighted by molar-refractivity contribution is 6.31. The van der Waals surface area contributed by atoms with E-state index >= 15 is 0 Å². The Balaban J connectivity index is 2.66. The summed E-state index contributed by atoms with van der Waals surface area (Å²) in [5, 5.41) is 3.72. The Morgan fingerprint density at radius 3 is 2.26 bits per heavy atom. The molecule has 0 radical (unpaired) electrons. The molecule has 0 bridgehead atoms. The second-order valence-electron chi connectivity index (χ2n) is 5.83. The number of nitrogens with one attached hydrogen (secondary N) is 1. The van der Waals surface area contributed by atoms with Gasteiger partial charge in [0.1, 0.15) is 0 Å². The highest BCUT2D eigenvalue weighted by Gasteiger charge is 2.18. The first-order valence-corrected chi connectivity index (χ1v) is 7.25. The van der Waals surface area contributed by atoms with Crippen LogP contribution >= 0.6 is 11.6 Å². The van der Waals surface area contributed by atoms with Crippen LogP contribution in [0.3, 0.4) is 0 Å². The molecule has 0 heterocycles. The fraction of sp³-hybridized carbons (Fsp3) is 0.562. The second kappa shape index (κ2) is 6.95. The number of rotatable bonds is 5. The average molecular weight is 282 g/mol. The van der Waals surface area contributed by atoms with Crippen molar-refractivity contribution in [3.05, 3.63) is 34.3 Å². The normalized spacial score (nSPS) is 11.4. The van der Waals surface area contributed by atoms with Gasteiger partial charge in [-0.3, -0.25) is 4.79 Å². The van der Waals surface area contributed by atoms with Crippen LogP contribution in [0.25, 0.3) is 0 Å². The molecule has 0 aliphatic carbocycles. The number of halogens is 1. The third kappa shape index (κ3) is 4.54. The van der Waals surface area contributed by atoms with E-state index < -0.39 is 0 Å². The fourth-order valence-electron chi connectivity index (χ4n) is 2.34. The summed E-state index contributed by atoms with van der Waals surface area (Å²) in [6.07, 6.45) is 0. The number of aryl methyl sites for hydroxylation is 1. The topological polar surface area (TPSA) is 29.1 Å². The van der Waals surface area contributed by atoms with Crippen LogP contribution in [0.15, 0.2) is 18.2 Å². The van der Waals surface area contributed by atoms with Crippen molar-refractivity contribution < 1.29 is 4.79 Å². The van der Waals surface area contributed by atoms with Crippen molar-refractivity contribution in [3.63, 3.8) is 0 Å². The molecule has 1 amide bonds. The summed E-state index contributed by atoms with van der Waals surface area (Å²) in [4.78, 5) is 12.1. The Morgan fingerprint density at radius 2 is 1.79 bits per heavy atom. The molecule has 2 nitrogen and oxygen atoms in total. The average Bonchev–Trinajstić information content (AvgIpc) is 2.31. The van der Waals surface area contributed by atoms with Crippen LogP contribution in [0.5, 0.6) is 0 Å². The van der Waals surface area contributed by atoms with Crippen LogP contribution in [0.2, 0.25) is 5.02 Å². The third-order valence-electron chi connectivity index (χ3n) is 3.63. The molecular weight excluding hydrogens is 258 g/mol. The maximum Gasteiger partial charge on any atom is 0.251 e. The van der Waals surface area contributed by atoms with Gasteiger partial charge in [-0.1, -0.05) is 39.3 Å². The van der Waals surface area contributed by atoms with Crippen LogP contribution in [0.1, 0.15) is 43.6 Å². The number of hydrogen-bond acceptors (Lipinski definition) is 1. The lowest BCUT2D eigenvalue weighted by Gasteiger charge is -2.25. The Morgan fingerprint density at radius 1 is 1.21 bits per heavy atom. The van der Waals surface area contributed by atoms with Gasteiger partial charge in [0.15, 0.2) is 0 Å². The molecule has 1 aromatic carbocycles. The molecule has 0 saturated carbocycles. The Hall–Kier alpha value is -1.02. The van der Waals surface area contributed by atoms with E-state index in [1.807, 2.05) is 13.0 Å².